The number of rotatable bonds is 18. The van der Waals surface area contributed by atoms with Crippen LogP contribution in [0.1, 0.15) is 90.4 Å². The summed E-state index contributed by atoms with van der Waals surface area (Å²) >= 11 is 0. The first-order chi connectivity index (χ1) is 14.5. The molecule has 0 rings (SSSR count). The molecule has 0 unspecified atom stereocenters. The van der Waals surface area contributed by atoms with Crippen LogP contribution >= 0.6 is 0 Å². The van der Waals surface area contributed by atoms with Crippen LogP contribution in [0.4, 0.5) is 0 Å². The zero-order valence-electron chi connectivity index (χ0n) is 18.8. The molecule has 0 aliphatic carbocycles. The lowest BCUT2D eigenvalue weighted by Gasteiger charge is -2.03. The Labute approximate surface area is 183 Å². The second kappa shape index (κ2) is 25.1. The standard InChI is InChI=1S/C18H30O2.C6H14N2O2/c1-2-3-4-5-6-7-8-9-10-11-12-13-14-15-16-17-18(19)20;7-4-2-1-3-5(8)6(9)10/h3-4,6-7,9-10H,2,5,8,11-17H2,1H3,(H,19,20);5H,1-4,7-8H2,(H,9,10)/b4-3-,7-6-,10-9-;/t;5-/m.0/s1. The molecule has 6 N–H and O–H groups in total. The van der Waals surface area contributed by atoms with Crippen molar-refractivity contribution >= 4 is 11.9 Å². The molecule has 1 atom stereocenters. The molecule has 0 aliphatic heterocycles. The van der Waals surface area contributed by atoms with Crippen LogP contribution < -0.4 is 11.5 Å². The highest BCUT2D eigenvalue weighted by Gasteiger charge is 2.09. The van der Waals surface area contributed by atoms with Gasteiger partial charge in [0.1, 0.15) is 6.04 Å². The molecule has 6 heteroatoms. The molecule has 0 aromatic carbocycles. The molecule has 0 aliphatic rings. The Kier molecular flexibility index (Phi) is 25.3. The van der Waals surface area contributed by atoms with Gasteiger partial charge < -0.3 is 21.7 Å². The fraction of sp³-hybridized carbons (Fsp3) is 0.667. The van der Waals surface area contributed by atoms with Gasteiger partial charge in [-0.25, -0.2) is 0 Å². The van der Waals surface area contributed by atoms with Crippen molar-refractivity contribution in [2.24, 2.45) is 11.5 Å². The van der Waals surface area contributed by atoms with Crippen LogP contribution in [0.2, 0.25) is 0 Å². The second-order valence-corrected chi connectivity index (χ2v) is 7.22. The maximum atomic E-state index is 10.3. The minimum Gasteiger partial charge on any atom is -0.481 e. The Hall–Kier alpha value is -1.92. The molecular weight excluding hydrogens is 380 g/mol. The average molecular weight is 425 g/mol. The van der Waals surface area contributed by atoms with E-state index in [4.69, 9.17) is 21.7 Å². The third-order valence-corrected chi connectivity index (χ3v) is 4.33. The van der Waals surface area contributed by atoms with E-state index >= 15 is 0 Å². The predicted molar refractivity (Wildman–Crippen MR) is 125 cm³/mol. The number of aliphatic carboxylic acids is 2. The zero-order valence-corrected chi connectivity index (χ0v) is 18.8. The first-order valence-electron chi connectivity index (χ1n) is 11.3. The summed E-state index contributed by atoms with van der Waals surface area (Å²) in [6.45, 7) is 2.75. The van der Waals surface area contributed by atoms with E-state index in [0.717, 1.165) is 57.8 Å². The first-order valence-corrected chi connectivity index (χ1v) is 11.3. The van der Waals surface area contributed by atoms with Crippen LogP contribution in [-0.4, -0.2) is 34.7 Å². The smallest absolute Gasteiger partial charge is 0.320 e. The van der Waals surface area contributed by atoms with Crippen LogP contribution in [0.3, 0.4) is 0 Å². The lowest BCUT2D eigenvalue weighted by Crippen LogP contribution is -2.29. The van der Waals surface area contributed by atoms with Crippen molar-refractivity contribution in [2.75, 3.05) is 6.54 Å². The number of carboxylic acids is 2. The van der Waals surface area contributed by atoms with Gasteiger partial charge in [-0.15, -0.1) is 0 Å². The first kappa shape index (κ1) is 30.3. The fourth-order valence-electron chi connectivity index (χ4n) is 2.53. The molecule has 0 spiro atoms. The monoisotopic (exact) mass is 424 g/mol. The van der Waals surface area contributed by atoms with E-state index in [0.29, 0.717) is 19.4 Å². The third kappa shape index (κ3) is 28.3. The molecule has 0 amide bonds. The van der Waals surface area contributed by atoms with E-state index in [1.54, 1.807) is 0 Å². The maximum absolute atomic E-state index is 10.3. The van der Waals surface area contributed by atoms with Gasteiger partial charge in [-0.05, 0) is 57.9 Å². The molecule has 174 valence electrons. The summed E-state index contributed by atoms with van der Waals surface area (Å²) in [5.41, 5.74) is 10.4. The van der Waals surface area contributed by atoms with E-state index in [1.807, 2.05) is 0 Å². The van der Waals surface area contributed by atoms with Gasteiger partial charge in [0.15, 0.2) is 0 Å². The molecule has 0 saturated carbocycles. The van der Waals surface area contributed by atoms with Gasteiger partial charge >= 0.3 is 11.9 Å². The Morgan fingerprint density at radius 1 is 0.800 bits per heavy atom. The van der Waals surface area contributed by atoms with Gasteiger partial charge in [0.05, 0.1) is 0 Å². The normalized spacial score (nSPS) is 12.4. The van der Waals surface area contributed by atoms with Crippen molar-refractivity contribution in [3.8, 4) is 0 Å². The molecule has 30 heavy (non-hydrogen) atoms. The van der Waals surface area contributed by atoms with Gasteiger partial charge in [-0.1, -0.05) is 69.1 Å². The number of carboxylic acid groups (broad SMARTS) is 2. The largest absolute Gasteiger partial charge is 0.481 e. The zero-order chi connectivity index (χ0) is 22.9. The van der Waals surface area contributed by atoms with Gasteiger partial charge in [0, 0.05) is 6.42 Å². The van der Waals surface area contributed by atoms with Crippen molar-refractivity contribution in [1.29, 1.82) is 0 Å². The number of unbranched alkanes of at least 4 members (excludes halogenated alkanes) is 6. The molecular formula is C24H44N2O4. The van der Waals surface area contributed by atoms with Crippen LogP contribution in [0.5, 0.6) is 0 Å². The van der Waals surface area contributed by atoms with E-state index < -0.39 is 18.0 Å². The van der Waals surface area contributed by atoms with E-state index in [1.165, 1.54) is 12.8 Å². The van der Waals surface area contributed by atoms with Crippen molar-refractivity contribution in [2.45, 2.75) is 96.4 Å². The Balaban J connectivity index is 0. The molecule has 0 heterocycles. The lowest BCUT2D eigenvalue weighted by atomic mass is 10.1. The van der Waals surface area contributed by atoms with Crippen molar-refractivity contribution in [3.63, 3.8) is 0 Å². The van der Waals surface area contributed by atoms with Crippen LogP contribution in [0.15, 0.2) is 36.5 Å². The molecule has 0 aromatic rings. The molecule has 6 nitrogen and oxygen atoms in total. The number of carbonyl (C=O) groups is 2. The second-order valence-electron chi connectivity index (χ2n) is 7.22. The van der Waals surface area contributed by atoms with Crippen LogP contribution in [0.25, 0.3) is 0 Å². The minimum absolute atomic E-state index is 0.319. The van der Waals surface area contributed by atoms with Gasteiger partial charge in [0.25, 0.3) is 0 Å². The molecule has 0 bridgehead atoms. The number of hydrogen-bond acceptors (Lipinski definition) is 4. The Morgan fingerprint density at radius 3 is 1.93 bits per heavy atom. The van der Waals surface area contributed by atoms with Crippen molar-refractivity contribution in [3.05, 3.63) is 36.5 Å². The number of allylic oxidation sites excluding steroid dienone is 6. The van der Waals surface area contributed by atoms with E-state index in [-0.39, 0.29) is 0 Å². The minimum atomic E-state index is -0.933. The summed E-state index contributed by atoms with van der Waals surface area (Å²) < 4.78 is 0. The summed E-state index contributed by atoms with van der Waals surface area (Å²) in [4.78, 5) is 20.5. The summed E-state index contributed by atoms with van der Waals surface area (Å²) in [6, 6.07) is -0.716. The highest BCUT2D eigenvalue weighted by Crippen LogP contribution is 2.07. The molecule has 0 aromatic heterocycles. The molecule has 0 fully saturated rings. The number of hydrogen-bond donors (Lipinski definition) is 4. The highest BCUT2D eigenvalue weighted by atomic mass is 16.4. The Morgan fingerprint density at radius 2 is 1.37 bits per heavy atom. The van der Waals surface area contributed by atoms with E-state index in [2.05, 4.69) is 43.4 Å². The summed E-state index contributed by atoms with van der Waals surface area (Å²) in [5.74, 6) is -1.61. The molecule has 0 radical (unpaired) electrons. The van der Waals surface area contributed by atoms with Gasteiger partial charge in [-0.3, -0.25) is 9.59 Å². The van der Waals surface area contributed by atoms with Crippen molar-refractivity contribution in [1.82, 2.24) is 0 Å². The summed E-state index contributed by atoms with van der Waals surface area (Å²) in [6.07, 6.45) is 25.5. The highest BCUT2D eigenvalue weighted by molar-refractivity contribution is 5.72. The molecule has 0 saturated heterocycles. The third-order valence-electron chi connectivity index (χ3n) is 4.33. The van der Waals surface area contributed by atoms with Crippen LogP contribution in [0, 0.1) is 0 Å². The van der Waals surface area contributed by atoms with E-state index in [9.17, 15) is 9.59 Å². The summed E-state index contributed by atoms with van der Waals surface area (Å²) in [7, 11) is 0. The predicted octanol–water partition coefficient (Wildman–Crippen LogP) is 5.19. The van der Waals surface area contributed by atoms with Crippen molar-refractivity contribution < 1.29 is 19.8 Å². The van der Waals surface area contributed by atoms with Gasteiger partial charge in [0.2, 0.25) is 0 Å². The number of nitrogens with two attached hydrogens (primary N) is 2. The van der Waals surface area contributed by atoms with Gasteiger partial charge in [-0.2, -0.15) is 0 Å². The summed E-state index contributed by atoms with van der Waals surface area (Å²) in [5, 5.41) is 16.8. The average Bonchev–Trinajstić information content (AvgIpc) is 2.71. The van der Waals surface area contributed by atoms with Crippen LogP contribution in [-0.2, 0) is 9.59 Å². The fourth-order valence-corrected chi connectivity index (χ4v) is 2.53. The topological polar surface area (TPSA) is 127 Å². The lowest BCUT2D eigenvalue weighted by molar-refractivity contribution is -0.139. The maximum Gasteiger partial charge on any atom is 0.320 e. The Bertz CT molecular complexity index is 488. The quantitative estimate of drug-likeness (QED) is 0.177. The SMILES string of the molecule is CC/C=C\C/C=C\C/C=C\CCCCCCCC(=O)O.NCCCC[C@H](N)C(=O)O.